The minimum Gasteiger partial charge on any atom is -0.324 e. The summed E-state index contributed by atoms with van der Waals surface area (Å²) in [5, 5.41) is 11.1. The highest BCUT2D eigenvalue weighted by molar-refractivity contribution is 5.91. The average Bonchev–Trinajstić information content (AvgIpc) is 3.12. The summed E-state index contributed by atoms with van der Waals surface area (Å²) in [6.45, 7) is 3.66. The standard InChI is InChI=1S/C21H18FN5O2/c1-13-3-8-17(14(2)9-13)24-20(28)11-26-21(29)19-10-18(25-27(19)12-23-26)15-4-6-16(22)7-5-15/h3-10,12H,11H2,1-2H3,(H,24,28). The van der Waals surface area contributed by atoms with E-state index in [2.05, 4.69) is 15.5 Å². The Labute approximate surface area is 165 Å². The van der Waals surface area contributed by atoms with Gasteiger partial charge in [-0.2, -0.15) is 10.2 Å². The molecule has 1 amide bonds. The predicted octanol–water partition coefficient (Wildman–Crippen LogP) is 2.95. The summed E-state index contributed by atoms with van der Waals surface area (Å²) >= 11 is 0. The van der Waals surface area contributed by atoms with E-state index < -0.39 is 5.56 Å². The molecule has 2 heterocycles. The number of benzene rings is 2. The summed E-state index contributed by atoms with van der Waals surface area (Å²) < 4.78 is 15.6. The molecule has 0 atom stereocenters. The minimum atomic E-state index is -0.441. The molecule has 4 rings (SSSR count). The van der Waals surface area contributed by atoms with Gasteiger partial charge in [0.15, 0.2) is 0 Å². The second kappa shape index (κ2) is 7.31. The van der Waals surface area contributed by atoms with Gasteiger partial charge >= 0.3 is 0 Å². The molecule has 1 N–H and O–H groups in total. The van der Waals surface area contributed by atoms with Gasteiger partial charge < -0.3 is 5.32 Å². The van der Waals surface area contributed by atoms with Crippen LogP contribution in [0.4, 0.5) is 10.1 Å². The molecule has 0 aliphatic heterocycles. The van der Waals surface area contributed by atoms with Crippen molar-refractivity contribution >= 4 is 17.1 Å². The van der Waals surface area contributed by atoms with Gasteiger partial charge in [0.1, 0.15) is 24.2 Å². The van der Waals surface area contributed by atoms with Gasteiger partial charge in [-0.1, -0.05) is 17.7 Å². The Morgan fingerprint density at radius 1 is 1.10 bits per heavy atom. The molecule has 0 spiro atoms. The van der Waals surface area contributed by atoms with E-state index in [0.717, 1.165) is 15.8 Å². The van der Waals surface area contributed by atoms with Gasteiger partial charge in [-0.15, -0.1) is 0 Å². The molecule has 0 radical (unpaired) electrons. The normalized spacial score (nSPS) is 11.0. The van der Waals surface area contributed by atoms with Crippen LogP contribution in [-0.2, 0) is 11.3 Å². The molecule has 2 aromatic carbocycles. The van der Waals surface area contributed by atoms with Crippen molar-refractivity contribution in [2.24, 2.45) is 0 Å². The van der Waals surface area contributed by atoms with Crippen molar-refractivity contribution in [1.82, 2.24) is 19.4 Å². The van der Waals surface area contributed by atoms with Crippen molar-refractivity contribution in [3.63, 3.8) is 0 Å². The highest BCUT2D eigenvalue weighted by Gasteiger charge is 2.13. The molecule has 0 aliphatic rings. The van der Waals surface area contributed by atoms with Gasteiger partial charge in [0, 0.05) is 11.3 Å². The van der Waals surface area contributed by atoms with Gasteiger partial charge in [0.25, 0.3) is 5.56 Å². The molecule has 0 aliphatic carbocycles. The first-order valence-electron chi connectivity index (χ1n) is 8.99. The SMILES string of the molecule is Cc1ccc(NC(=O)Cn2ncn3nc(-c4ccc(F)cc4)cc3c2=O)c(C)c1. The van der Waals surface area contributed by atoms with E-state index >= 15 is 0 Å². The topological polar surface area (TPSA) is 81.3 Å². The number of nitrogens with one attached hydrogen (secondary N) is 1. The number of fused-ring (bicyclic) bond motifs is 1. The van der Waals surface area contributed by atoms with E-state index in [1.54, 1.807) is 18.2 Å². The number of amides is 1. The number of nitrogens with zero attached hydrogens (tertiary/aromatic N) is 4. The first kappa shape index (κ1) is 18.5. The highest BCUT2D eigenvalue weighted by Crippen LogP contribution is 2.19. The number of hydrogen-bond acceptors (Lipinski definition) is 4. The highest BCUT2D eigenvalue weighted by atomic mass is 19.1. The summed E-state index contributed by atoms with van der Waals surface area (Å²) in [4.78, 5) is 25.1. The monoisotopic (exact) mass is 391 g/mol. The van der Waals surface area contributed by atoms with Crippen LogP contribution in [-0.4, -0.2) is 25.3 Å². The number of aromatic nitrogens is 4. The number of carbonyl (C=O) groups excluding carboxylic acids is 1. The summed E-state index contributed by atoms with van der Waals surface area (Å²) in [6.07, 6.45) is 1.37. The van der Waals surface area contributed by atoms with Crippen molar-refractivity contribution in [2.75, 3.05) is 5.32 Å². The Morgan fingerprint density at radius 2 is 1.86 bits per heavy atom. The second-order valence-corrected chi connectivity index (χ2v) is 6.83. The number of anilines is 1. The minimum absolute atomic E-state index is 0.223. The quantitative estimate of drug-likeness (QED) is 0.580. The number of carbonyl (C=O) groups is 1. The fourth-order valence-corrected chi connectivity index (χ4v) is 3.09. The fourth-order valence-electron chi connectivity index (χ4n) is 3.09. The molecular weight excluding hydrogens is 373 g/mol. The zero-order valence-electron chi connectivity index (χ0n) is 15.9. The molecule has 2 aromatic heterocycles. The molecule has 0 fully saturated rings. The van der Waals surface area contributed by atoms with Crippen LogP contribution in [0.25, 0.3) is 16.8 Å². The van der Waals surface area contributed by atoms with E-state index in [4.69, 9.17) is 0 Å². The van der Waals surface area contributed by atoms with Crippen LogP contribution < -0.4 is 10.9 Å². The van der Waals surface area contributed by atoms with Crippen molar-refractivity contribution in [3.05, 3.63) is 82.2 Å². The van der Waals surface area contributed by atoms with Gasteiger partial charge in [-0.05, 0) is 55.8 Å². The van der Waals surface area contributed by atoms with Crippen LogP contribution >= 0.6 is 0 Å². The summed E-state index contributed by atoms with van der Waals surface area (Å²) in [6, 6.07) is 13.1. The van der Waals surface area contributed by atoms with Crippen LogP contribution in [0.3, 0.4) is 0 Å². The van der Waals surface area contributed by atoms with Crippen molar-refractivity contribution < 1.29 is 9.18 Å². The van der Waals surface area contributed by atoms with Crippen molar-refractivity contribution in [2.45, 2.75) is 20.4 Å². The molecule has 146 valence electrons. The molecule has 0 saturated carbocycles. The lowest BCUT2D eigenvalue weighted by Crippen LogP contribution is -2.30. The van der Waals surface area contributed by atoms with Crippen molar-refractivity contribution in [1.29, 1.82) is 0 Å². The van der Waals surface area contributed by atoms with E-state index in [9.17, 15) is 14.0 Å². The van der Waals surface area contributed by atoms with Gasteiger partial charge in [-0.25, -0.2) is 13.6 Å². The van der Waals surface area contributed by atoms with Crippen LogP contribution in [0.15, 0.2) is 59.7 Å². The first-order chi connectivity index (χ1) is 13.9. The molecule has 0 unspecified atom stereocenters. The maximum absolute atomic E-state index is 13.1. The van der Waals surface area contributed by atoms with E-state index in [1.165, 1.54) is 23.0 Å². The van der Waals surface area contributed by atoms with Gasteiger partial charge in [0.2, 0.25) is 5.91 Å². The maximum Gasteiger partial charge on any atom is 0.293 e. The fraction of sp³-hybridized carbons (Fsp3) is 0.143. The Balaban J connectivity index is 1.59. The third-order valence-electron chi connectivity index (χ3n) is 4.58. The molecule has 8 heteroatoms. The third-order valence-corrected chi connectivity index (χ3v) is 4.58. The maximum atomic E-state index is 13.1. The van der Waals surface area contributed by atoms with Crippen LogP contribution in [0.1, 0.15) is 11.1 Å². The van der Waals surface area contributed by atoms with Crippen LogP contribution in [0.2, 0.25) is 0 Å². The largest absolute Gasteiger partial charge is 0.324 e. The molecule has 4 aromatic rings. The third kappa shape index (κ3) is 3.77. The number of halogens is 1. The Kier molecular flexibility index (Phi) is 4.67. The van der Waals surface area contributed by atoms with Crippen LogP contribution in [0, 0.1) is 19.7 Å². The Bertz CT molecular complexity index is 1270. The summed E-state index contributed by atoms with van der Waals surface area (Å²) in [7, 11) is 0. The van der Waals surface area contributed by atoms with E-state index in [-0.39, 0.29) is 23.8 Å². The number of aryl methyl sites for hydroxylation is 2. The molecular formula is C21H18FN5O2. The second-order valence-electron chi connectivity index (χ2n) is 6.83. The van der Waals surface area contributed by atoms with Gasteiger partial charge in [0.05, 0.1) is 5.69 Å². The van der Waals surface area contributed by atoms with Crippen molar-refractivity contribution in [3.8, 4) is 11.3 Å². The summed E-state index contributed by atoms with van der Waals surface area (Å²) in [5.41, 5.74) is 3.76. The van der Waals surface area contributed by atoms with Crippen LogP contribution in [0.5, 0.6) is 0 Å². The number of hydrogen-bond donors (Lipinski definition) is 1. The lowest BCUT2D eigenvalue weighted by atomic mass is 10.1. The van der Waals surface area contributed by atoms with Gasteiger partial charge in [-0.3, -0.25) is 9.59 Å². The smallest absolute Gasteiger partial charge is 0.293 e. The van der Waals surface area contributed by atoms with E-state index in [1.807, 2.05) is 32.0 Å². The lowest BCUT2D eigenvalue weighted by Gasteiger charge is -2.09. The zero-order chi connectivity index (χ0) is 20.5. The van der Waals surface area contributed by atoms with E-state index in [0.29, 0.717) is 16.9 Å². The Hall–Kier alpha value is -3.81. The zero-order valence-corrected chi connectivity index (χ0v) is 15.9. The number of rotatable bonds is 4. The Morgan fingerprint density at radius 3 is 2.59 bits per heavy atom. The summed E-state index contributed by atoms with van der Waals surface area (Å²) in [5.74, 6) is -0.703. The molecule has 29 heavy (non-hydrogen) atoms. The average molecular weight is 391 g/mol. The molecule has 0 bridgehead atoms. The predicted molar refractivity (Wildman–Crippen MR) is 107 cm³/mol. The molecule has 7 nitrogen and oxygen atoms in total. The lowest BCUT2D eigenvalue weighted by molar-refractivity contribution is -0.117. The first-order valence-corrected chi connectivity index (χ1v) is 8.99. The molecule has 0 saturated heterocycles.